The molecule has 3 unspecified atom stereocenters. The highest BCUT2D eigenvalue weighted by atomic mass is 32.1. The van der Waals surface area contributed by atoms with Crippen molar-refractivity contribution < 1.29 is 23.2 Å². The first-order chi connectivity index (χ1) is 22.3. The predicted molar refractivity (Wildman–Crippen MR) is 186 cm³/mol. The fourth-order valence-corrected chi connectivity index (χ4v) is 6.10. The van der Waals surface area contributed by atoms with Crippen LogP contribution < -0.4 is 16.4 Å². The number of benzene rings is 1. The third kappa shape index (κ3) is 10.9. The number of hydrogen-bond donors (Lipinski definition) is 4. The van der Waals surface area contributed by atoms with Crippen molar-refractivity contribution in [3.63, 3.8) is 0 Å². The number of hydrogen-bond acceptors (Lipinski definition) is 8. The summed E-state index contributed by atoms with van der Waals surface area (Å²) in [5, 5.41) is 15.1. The molecular weight excluding hydrogens is 622 g/mol. The average Bonchev–Trinajstić information content (AvgIpc) is 3.43. The minimum absolute atomic E-state index is 0.00696. The number of aldehydes is 1. The van der Waals surface area contributed by atoms with Crippen molar-refractivity contribution >= 4 is 35.7 Å². The van der Waals surface area contributed by atoms with Crippen molar-refractivity contribution in [2.24, 2.45) is 11.7 Å². The molecule has 4 atom stereocenters. The zero-order chi connectivity index (χ0) is 35.3. The Balaban J connectivity index is 0.000000286. The smallest absolute Gasteiger partial charge is 0.298 e. The maximum Gasteiger partial charge on any atom is 0.298 e. The van der Waals surface area contributed by atoms with Crippen LogP contribution in [0.2, 0.25) is 0 Å². The predicted octanol–water partition coefficient (Wildman–Crippen LogP) is 4.70. The standard InChI is InChI=1S/C16H22N4O2S.C15H12F2O.C3H9N.CH5N/c1-9(14-3-10(6-17)8-23-14)19-16(22)13-5-11-4-12(11)20(13)15(21)7-18-2;1-11-5-3-2-4-6-13-9-12(10-18)7-8-14(13)15(11,16)17;1-4(2)3;1-2/h3,6,8-9,11-13,17-18H,4-5,7H2,1-2H3,(H,19,22);2-5,7-10H,1,6H2;1-3H3;2H2,1H3/b;4-2-,5-3-;;/t9-,11?,12?,13?;;;/m1.../s1. The van der Waals surface area contributed by atoms with Gasteiger partial charge in [0.2, 0.25) is 11.8 Å². The molecule has 1 aliphatic heterocycles. The number of allylic oxidation sites excluding steroid dienone is 5. The van der Waals surface area contributed by atoms with Crippen LogP contribution in [0.4, 0.5) is 8.78 Å². The van der Waals surface area contributed by atoms with E-state index in [-0.39, 0.29) is 47.6 Å². The SMILES string of the molecule is C=C1/C=C\C=C/Cc2cc(C=O)ccc2C1(F)F.CN.CN(C)C.CNCC(=O)N1C(C(=O)N[C@H](C)c2cc(C=N)cs2)CC2CC21. The largest absolute Gasteiger partial charge is 0.347 e. The molecule has 0 bridgehead atoms. The maximum absolute atomic E-state index is 14.2. The quantitative estimate of drug-likeness (QED) is 0.250. The Morgan fingerprint density at radius 2 is 1.87 bits per heavy atom. The van der Waals surface area contributed by atoms with Gasteiger partial charge in [0, 0.05) is 39.4 Å². The molecular formula is C35H48F2N6O3S. The lowest BCUT2D eigenvalue weighted by atomic mass is 9.93. The number of piperidine rings is 1. The van der Waals surface area contributed by atoms with Gasteiger partial charge >= 0.3 is 0 Å². The van der Waals surface area contributed by atoms with Crippen LogP contribution in [0.3, 0.4) is 0 Å². The first kappa shape index (κ1) is 39.3. The fraction of sp³-hybridized carbons (Fsp3) is 0.429. The summed E-state index contributed by atoms with van der Waals surface area (Å²) in [4.78, 5) is 40.4. The lowest BCUT2D eigenvalue weighted by Crippen LogP contribution is -2.50. The normalized spacial score (nSPS) is 22.0. The van der Waals surface area contributed by atoms with Crippen molar-refractivity contribution in [3.8, 4) is 0 Å². The number of nitrogens with zero attached hydrogens (tertiary/aromatic N) is 2. The molecule has 2 fully saturated rings. The van der Waals surface area contributed by atoms with Gasteiger partial charge in [0.15, 0.2) is 0 Å². The average molecular weight is 671 g/mol. The second-order valence-corrected chi connectivity index (χ2v) is 12.7. The summed E-state index contributed by atoms with van der Waals surface area (Å²) in [5.41, 5.74) is 5.85. The number of likely N-dealkylation sites (N-methyl/N-ethyl adjacent to an activating group) is 1. The zero-order valence-electron chi connectivity index (χ0n) is 28.1. The molecule has 5 rings (SSSR count). The van der Waals surface area contributed by atoms with Gasteiger partial charge in [-0.3, -0.25) is 14.4 Å². The summed E-state index contributed by atoms with van der Waals surface area (Å²) in [6, 6.07) is 5.92. The number of fused-ring (bicyclic) bond motifs is 2. The van der Waals surface area contributed by atoms with E-state index in [1.54, 1.807) is 30.2 Å². The second kappa shape index (κ2) is 18.5. The fourth-order valence-electron chi connectivity index (χ4n) is 5.23. The number of carbonyl (C=O) groups excluding carboxylic acids is 3. The highest BCUT2D eigenvalue weighted by Crippen LogP contribution is 2.48. The number of nitrogens with two attached hydrogens (primary N) is 1. The number of alkyl halides is 2. The van der Waals surface area contributed by atoms with Gasteiger partial charge in [-0.05, 0) is 90.4 Å². The van der Waals surface area contributed by atoms with E-state index in [0.717, 1.165) is 23.3 Å². The van der Waals surface area contributed by atoms with Gasteiger partial charge in [-0.1, -0.05) is 43.0 Å². The number of nitrogens with one attached hydrogen (secondary N) is 3. The molecule has 5 N–H and O–H groups in total. The highest BCUT2D eigenvalue weighted by molar-refractivity contribution is 7.10. The Morgan fingerprint density at radius 3 is 2.47 bits per heavy atom. The Morgan fingerprint density at radius 1 is 1.19 bits per heavy atom. The Hall–Kier alpha value is -3.84. The van der Waals surface area contributed by atoms with E-state index in [1.807, 2.05) is 44.4 Å². The molecule has 1 saturated heterocycles. The summed E-state index contributed by atoms with van der Waals surface area (Å²) >= 11 is 1.53. The van der Waals surface area contributed by atoms with Crippen LogP contribution in [0, 0.1) is 11.3 Å². The molecule has 1 aromatic heterocycles. The molecule has 2 heterocycles. The van der Waals surface area contributed by atoms with Crippen LogP contribution in [-0.4, -0.2) is 88.0 Å². The number of rotatable bonds is 7. The van der Waals surface area contributed by atoms with Gasteiger partial charge in [-0.25, -0.2) is 0 Å². The monoisotopic (exact) mass is 670 g/mol. The van der Waals surface area contributed by atoms with Gasteiger partial charge in [-0.15, -0.1) is 11.3 Å². The third-order valence-electron chi connectivity index (χ3n) is 7.50. The van der Waals surface area contributed by atoms with E-state index >= 15 is 0 Å². The molecule has 1 saturated carbocycles. The lowest BCUT2D eigenvalue weighted by Gasteiger charge is -2.28. The van der Waals surface area contributed by atoms with E-state index in [9.17, 15) is 23.2 Å². The zero-order valence-corrected chi connectivity index (χ0v) is 28.9. The van der Waals surface area contributed by atoms with Crippen molar-refractivity contribution in [1.82, 2.24) is 20.4 Å². The molecule has 2 amide bonds. The van der Waals surface area contributed by atoms with Crippen molar-refractivity contribution in [3.05, 3.63) is 93.2 Å². The van der Waals surface area contributed by atoms with Crippen LogP contribution in [0.15, 0.2) is 66.1 Å². The first-order valence-corrected chi connectivity index (χ1v) is 16.2. The van der Waals surface area contributed by atoms with Gasteiger partial charge in [-0.2, -0.15) is 8.78 Å². The molecule has 12 heteroatoms. The van der Waals surface area contributed by atoms with E-state index in [4.69, 9.17) is 5.41 Å². The first-order valence-electron chi connectivity index (χ1n) is 15.4. The van der Waals surface area contributed by atoms with Crippen molar-refractivity contribution in [1.29, 1.82) is 5.41 Å². The Bertz CT molecular complexity index is 1450. The second-order valence-electron chi connectivity index (χ2n) is 11.8. The lowest BCUT2D eigenvalue weighted by molar-refractivity contribution is -0.139. The number of thiophene rings is 1. The van der Waals surface area contributed by atoms with Gasteiger partial charge < -0.3 is 31.6 Å². The van der Waals surface area contributed by atoms with Gasteiger partial charge in [0.25, 0.3) is 5.92 Å². The minimum atomic E-state index is -3.11. The van der Waals surface area contributed by atoms with Crippen molar-refractivity contribution in [2.45, 2.75) is 50.2 Å². The van der Waals surface area contributed by atoms with E-state index in [1.165, 1.54) is 48.9 Å². The molecule has 1 aromatic carbocycles. The van der Waals surface area contributed by atoms with Crippen LogP contribution in [0.1, 0.15) is 57.7 Å². The summed E-state index contributed by atoms with van der Waals surface area (Å²) in [7, 11) is 9.24. The topological polar surface area (TPSA) is 132 Å². The maximum atomic E-state index is 14.2. The summed E-state index contributed by atoms with van der Waals surface area (Å²) in [6.45, 7) is 5.62. The molecule has 3 aliphatic rings. The van der Waals surface area contributed by atoms with E-state index in [0.29, 0.717) is 29.8 Å². The van der Waals surface area contributed by atoms with E-state index < -0.39 is 5.92 Å². The summed E-state index contributed by atoms with van der Waals surface area (Å²) < 4.78 is 28.4. The van der Waals surface area contributed by atoms with E-state index in [2.05, 4.69) is 22.9 Å². The number of likely N-dealkylation sites (tertiary alicyclic amines) is 1. The molecule has 9 nitrogen and oxygen atoms in total. The number of amides is 2. The number of carbonyl (C=O) groups is 3. The van der Waals surface area contributed by atoms with Crippen LogP contribution in [0.25, 0.3) is 0 Å². The minimum Gasteiger partial charge on any atom is -0.347 e. The van der Waals surface area contributed by atoms with Crippen molar-refractivity contribution in [2.75, 3.05) is 41.8 Å². The Kier molecular flexibility index (Phi) is 15.5. The van der Waals surface area contributed by atoms with Gasteiger partial charge in [0.05, 0.1) is 12.6 Å². The van der Waals surface area contributed by atoms with Crippen LogP contribution >= 0.6 is 11.3 Å². The highest BCUT2D eigenvalue weighted by Gasteiger charge is 2.55. The molecule has 0 radical (unpaired) electrons. The molecule has 2 aliphatic carbocycles. The molecule has 2 aromatic rings. The third-order valence-corrected chi connectivity index (χ3v) is 8.64. The number of halogens is 2. The summed E-state index contributed by atoms with van der Waals surface area (Å²) in [5.74, 6) is -2.68. The van der Waals surface area contributed by atoms with Crippen LogP contribution in [-0.2, 0) is 21.9 Å². The molecule has 256 valence electrons. The summed E-state index contributed by atoms with van der Waals surface area (Å²) in [6.07, 6.45) is 10.4. The molecule has 47 heavy (non-hydrogen) atoms. The van der Waals surface area contributed by atoms with Gasteiger partial charge in [0.1, 0.15) is 12.3 Å². The Labute approximate surface area is 281 Å². The van der Waals surface area contributed by atoms with Crippen LogP contribution in [0.5, 0.6) is 0 Å². The molecule has 0 spiro atoms.